The minimum atomic E-state index is -0.0294. The summed E-state index contributed by atoms with van der Waals surface area (Å²) in [5, 5.41) is 0. The van der Waals surface area contributed by atoms with Crippen LogP contribution in [0.4, 0.5) is 0 Å². The van der Waals surface area contributed by atoms with Crippen molar-refractivity contribution in [1.29, 1.82) is 0 Å². The second-order valence-electron chi connectivity index (χ2n) is 6.63. The molecule has 3 aromatic carbocycles. The van der Waals surface area contributed by atoms with E-state index in [0.717, 1.165) is 18.5 Å². The predicted molar refractivity (Wildman–Crippen MR) is 101 cm³/mol. The topological polar surface area (TPSA) is 20.3 Å². The van der Waals surface area contributed by atoms with Crippen LogP contribution in [0.3, 0.4) is 0 Å². The molecule has 0 spiro atoms. The van der Waals surface area contributed by atoms with E-state index in [0.29, 0.717) is 0 Å². The minimum Gasteiger partial charge on any atom is -0.327 e. The van der Waals surface area contributed by atoms with Crippen LogP contribution in [0.5, 0.6) is 0 Å². The molecule has 0 saturated heterocycles. The highest BCUT2D eigenvalue weighted by Crippen LogP contribution is 2.36. The van der Waals surface area contributed by atoms with Gasteiger partial charge in [0.15, 0.2) is 0 Å². The molecule has 1 aliphatic rings. The van der Waals surface area contributed by atoms with Crippen LogP contribution in [0.2, 0.25) is 0 Å². The van der Waals surface area contributed by atoms with Gasteiger partial charge in [0.05, 0.1) is 6.04 Å². The molecular formula is C23H21NO. The second kappa shape index (κ2) is 6.56. The number of carbonyl (C=O) groups excluding carboxylic acids is 1. The molecule has 124 valence electrons. The van der Waals surface area contributed by atoms with E-state index in [-0.39, 0.29) is 11.9 Å². The van der Waals surface area contributed by atoms with Gasteiger partial charge in [-0.1, -0.05) is 72.3 Å². The highest BCUT2D eigenvalue weighted by molar-refractivity contribution is 5.95. The normalized spacial score (nSPS) is 16.4. The summed E-state index contributed by atoms with van der Waals surface area (Å²) in [6.45, 7) is 2.83. The van der Waals surface area contributed by atoms with Crippen molar-refractivity contribution in [1.82, 2.24) is 4.90 Å². The van der Waals surface area contributed by atoms with Gasteiger partial charge in [0.2, 0.25) is 0 Å². The number of fused-ring (bicyclic) bond motifs is 1. The van der Waals surface area contributed by atoms with Gasteiger partial charge >= 0.3 is 0 Å². The first-order valence-corrected chi connectivity index (χ1v) is 8.74. The van der Waals surface area contributed by atoms with Gasteiger partial charge in [-0.2, -0.15) is 0 Å². The molecule has 1 amide bonds. The molecule has 3 aromatic rings. The van der Waals surface area contributed by atoms with Crippen LogP contribution in [0.15, 0.2) is 78.9 Å². The molecule has 2 heteroatoms. The first-order valence-electron chi connectivity index (χ1n) is 8.74. The second-order valence-corrected chi connectivity index (χ2v) is 6.63. The van der Waals surface area contributed by atoms with Crippen LogP contribution < -0.4 is 0 Å². The van der Waals surface area contributed by atoms with Crippen molar-refractivity contribution in [2.45, 2.75) is 19.4 Å². The van der Waals surface area contributed by atoms with Crippen LogP contribution in [0.25, 0.3) is 0 Å². The summed E-state index contributed by atoms with van der Waals surface area (Å²) in [7, 11) is 0. The Morgan fingerprint density at radius 3 is 2.32 bits per heavy atom. The Morgan fingerprint density at radius 1 is 0.880 bits per heavy atom. The number of rotatable bonds is 2. The van der Waals surface area contributed by atoms with E-state index in [2.05, 4.69) is 55.5 Å². The van der Waals surface area contributed by atoms with Gasteiger partial charge in [0.25, 0.3) is 5.91 Å². The lowest BCUT2D eigenvalue weighted by Gasteiger charge is -2.38. The largest absolute Gasteiger partial charge is 0.327 e. The molecule has 1 atom stereocenters. The maximum absolute atomic E-state index is 13.2. The molecule has 0 aliphatic carbocycles. The Hall–Kier alpha value is -2.87. The van der Waals surface area contributed by atoms with Gasteiger partial charge in [-0.05, 0) is 42.2 Å². The molecule has 4 rings (SSSR count). The zero-order chi connectivity index (χ0) is 17.2. The summed E-state index contributed by atoms with van der Waals surface area (Å²) in [6, 6.07) is 26.6. The Balaban J connectivity index is 1.80. The first-order chi connectivity index (χ1) is 12.2. The highest BCUT2D eigenvalue weighted by Gasteiger charge is 2.32. The maximum atomic E-state index is 13.2. The van der Waals surface area contributed by atoms with E-state index in [1.54, 1.807) is 0 Å². The molecule has 0 fully saturated rings. The van der Waals surface area contributed by atoms with Crippen LogP contribution >= 0.6 is 0 Å². The van der Waals surface area contributed by atoms with Crippen molar-refractivity contribution < 1.29 is 4.79 Å². The number of aryl methyl sites for hydroxylation is 1. The SMILES string of the molecule is Cc1ccc([C@@H]2c3ccccc3CCN2C(=O)c2ccccc2)cc1. The first kappa shape index (κ1) is 15.6. The standard InChI is InChI=1S/C23H21NO/c1-17-11-13-19(14-12-17)22-21-10-6-5-7-18(21)15-16-24(22)23(25)20-8-3-2-4-9-20/h2-14,22H,15-16H2,1H3/t22-/m1/s1. The van der Waals surface area contributed by atoms with Crippen molar-refractivity contribution in [2.75, 3.05) is 6.54 Å². The summed E-state index contributed by atoms with van der Waals surface area (Å²) in [5.74, 6) is 0.0979. The maximum Gasteiger partial charge on any atom is 0.254 e. The van der Waals surface area contributed by atoms with E-state index in [1.165, 1.54) is 22.3 Å². The fourth-order valence-electron chi connectivity index (χ4n) is 3.64. The number of hydrogen-bond acceptors (Lipinski definition) is 1. The van der Waals surface area contributed by atoms with E-state index < -0.39 is 0 Å². The van der Waals surface area contributed by atoms with Gasteiger partial charge in [-0.25, -0.2) is 0 Å². The predicted octanol–water partition coefficient (Wildman–Crippen LogP) is 4.78. The average molecular weight is 327 g/mol. The number of benzene rings is 3. The molecule has 0 aromatic heterocycles. The molecule has 1 aliphatic heterocycles. The fraction of sp³-hybridized carbons (Fsp3) is 0.174. The zero-order valence-electron chi connectivity index (χ0n) is 14.4. The number of nitrogens with zero attached hydrogens (tertiary/aromatic N) is 1. The summed E-state index contributed by atoms with van der Waals surface area (Å²) < 4.78 is 0. The van der Waals surface area contributed by atoms with Crippen LogP contribution in [0.1, 0.15) is 38.7 Å². The van der Waals surface area contributed by atoms with E-state index in [1.807, 2.05) is 35.2 Å². The lowest BCUT2D eigenvalue weighted by Crippen LogP contribution is -2.40. The molecule has 2 nitrogen and oxygen atoms in total. The number of amides is 1. The molecule has 0 bridgehead atoms. The number of carbonyl (C=O) groups is 1. The van der Waals surface area contributed by atoms with Gasteiger partial charge in [-0.15, -0.1) is 0 Å². The third-order valence-electron chi connectivity index (χ3n) is 4.96. The van der Waals surface area contributed by atoms with Crippen molar-refractivity contribution in [3.05, 3.63) is 107 Å². The monoisotopic (exact) mass is 327 g/mol. The van der Waals surface area contributed by atoms with Crippen LogP contribution in [0, 0.1) is 6.92 Å². The average Bonchev–Trinajstić information content (AvgIpc) is 2.68. The fourth-order valence-corrected chi connectivity index (χ4v) is 3.64. The molecule has 0 unspecified atom stereocenters. The zero-order valence-corrected chi connectivity index (χ0v) is 14.4. The Kier molecular flexibility index (Phi) is 4.10. The lowest BCUT2D eigenvalue weighted by molar-refractivity contribution is 0.0694. The molecule has 25 heavy (non-hydrogen) atoms. The van der Waals surface area contributed by atoms with Gasteiger partial charge < -0.3 is 4.90 Å². The Bertz CT molecular complexity index is 883. The lowest BCUT2D eigenvalue weighted by atomic mass is 9.87. The van der Waals surface area contributed by atoms with Crippen molar-refractivity contribution in [2.24, 2.45) is 0 Å². The van der Waals surface area contributed by atoms with Crippen molar-refractivity contribution in [3.8, 4) is 0 Å². The third-order valence-corrected chi connectivity index (χ3v) is 4.96. The summed E-state index contributed by atoms with van der Waals surface area (Å²) >= 11 is 0. The van der Waals surface area contributed by atoms with Gasteiger partial charge in [0.1, 0.15) is 0 Å². The van der Waals surface area contributed by atoms with Crippen LogP contribution in [-0.4, -0.2) is 17.4 Å². The Labute approximate surface area is 148 Å². The quantitative estimate of drug-likeness (QED) is 0.663. The minimum absolute atomic E-state index is 0.0294. The molecule has 0 N–H and O–H groups in total. The Morgan fingerprint density at radius 2 is 1.56 bits per heavy atom. The summed E-state index contributed by atoms with van der Waals surface area (Å²) in [6.07, 6.45) is 0.900. The number of hydrogen-bond donors (Lipinski definition) is 0. The van der Waals surface area contributed by atoms with Crippen molar-refractivity contribution in [3.63, 3.8) is 0 Å². The molecule has 0 radical (unpaired) electrons. The van der Waals surface area contributed by atoms with Crippen LogP contribution in [-0.2, 0) is 6.42 Å². The van der Waals surface area contributed by atoms with E-state index in [9.17, 15) is 4.79 Å². The van der Waals surface area contributed by atoms with E-state index in [4.69, 9.17) is 0 Å². The van der Waals surface area contributed by atoms with Crippen molar-refractivity contribution >= 4 is 5.91 Å². The highest BCUT2D eigenvalue weighted by atomic mass is 16.2. The molecule has 0 saturated carbocycles. The smallest absolute Gasteiger partial charge is 0.254 e. The third kappa shape index (κ3) is 2.96. The van der Waals surface area contributed by atoms with E-state index >= 15 is 0 Å². The summed E-state index contributed by atoms with van der Waals surface area (Å²) in [4.78, 5) is 15.2. The summed E-state index contributed by atoms with van der Waals surface area (Å²) in [5.41, 5.74) is 5.72. The van der Waals surface area contributed by atoms with Gasteiger partial charge in [0, 0.05) is 12.1 Å². The van der Waals surface area contributed by atoms with Gasteiger partial charge in [-0.3, -0.25) is 4.79 Å². The molecular weight excluding hydrogens is 306 g/mol. The molecule has 1 heterocycles.